The minimum absolute atomic E-state index is 0.0329. The van der Waals surface area contributed by atoms with E-state index in [2.05, 4.69) is 10.2 Å². The average Bonchev–Trinajstić information content (AvgIpc) is 2.69. The second kappa shape index (κ2) is 8.55. The van der Waals surface area contributed by atoms with Crippen molar-refractivity contribution < 1.29 is 14.5 Å². The normalized spacial score (nSPS) is 16.0. The molecular weight excluding hydrogens is 334 g/mol. The van der Waals surface area contributed by atoms with Crippen molar-refractivity contribution in [3.63, 3.8) is 0 Å². The molecular formula is C19H21N3O4. The number of nitrogens with zero attached hydrogens (tertiary/aromatic N) is 2. The highest BCUT2D eigenvalue weighted by atomic mass is 16.6. The molecule has 0 unspecified atom stereocenters. The topological polar surface area (TPSA) is 84.7 Å². The molecule has 26 heavy (non-hydrogen) atoms. The molecule has 0 saturated carbocycles. The smallest absolute Gasteiger partial charge is 0.269 e. The first-order valence-electron chi connectivity index (χ1n) is 8.54. The van der Waals surface area contributed by atoms with Crippen molar-refractivity contribution in [2.45, 2.75) is 6.04 Å². The first-order chi connectivity index (χ1) is 12.6. The van der Waals surface area contributed by atoms with Gasteiger partial charge in [0.05, 0.1) is 24.2 Å². The van der Waals surface area contributed by atoms with Gasteiger partial charge in [0.15, 0.2) is 0 Å². The largest absolute Gasteiger partial charge is 0.379 e. The summed E-state index contributed by atoms with van der Waals surface area (Å²) in [6, 6.07) is 15.3. The predicted octanol–water partition coefficient (Wildman–Crippen LogP) is 2.40. The molecule has 1 aliphatic rings. The Morgan fingerprint density at radius 1 is 1.12 bits per heavy atom. The molecule has 2 aromatic carbocycles. The van der Waals surface area contributed by atoms with Crippen LogP contribution in [0.15, 0.2) is 54.6 Å². The molecule has 1 heterocycles. The van der Waals surface area contributed by atoms with Crippen molar-refractivity contribution >= 4 is 11.6 Å². The summed E-state index contributed by atoms with van der Waals surface area (Å²) in [6.45, 7) is 3.73. The van der Waals surface area contributed by atoms with Gasteiger partial charge < -0.3 is 10.1 Å². The maximum absolute atomic E-state index is 12.6. The van der Waals surface area contributed by atoms with Crippen molar-refractivity contribution in [1.82, 2.24) is 10.2 Å². The van der Waals surface area contributed by atoms with Gasteiger partial charge in [0.25, 0.3) is 11.6 Å². The number of carbonyl (C=O) groups is 1. The number of hydrogen-bond acceptors (Lipinski definition) is 5. The minimum atomic E-state index is -0.479. The maximum atomic E-state index is 12.6. The molecule has 0 aromatic heterocycles. The third-order valence-electron chi connectivity index (χ3n) is 4.39. The molecule has 0 bridgehead atoms. The number of non-ortho nitro benzene ring substituents is 1. The van der Waals surface area contributed by atoms with Crippen LogP contribution in [0.1, 0.15) is 22.0 Å². The van der Waals surface area contributed by atoms with Crippen LogP contribution in [0.3, 0.4) is 0 Å². The van der Waals surface area contributed by atoms with Crippen LogP contribution in [0, 0.1) is 10.1 Å². The van der Waals surface area contributed by atoms with E-state index in [1.165, 1.54) is 24.3 Å². The van der Waals surface area contributed by atoms with E-state index in [1.807, 2.05) is 30.3 Å². The Kier molecular flexibility index (Phi) is 5.93. The van der Waals surface area contributed by atoms with Crippen molar-refractivity contribution in [3.8, 4) is 0 Å². The third-order valence-corrected chi connectivity index (χ3v) is 4.39. The Morgan fingerprint density at radius 2 is 1.77 bits per heavy atom. The number of nitrogens with one attached hydrogen (secondary N) is 1. The van der Waals surface area contributed by atoms with Crippen LogP contribution in [0.4, 0.5) is 5.69 Å². The lowest BCUT2D eigenvalue weighted by atomic mass is 10.1. The molecule has 7 nitrogen and oxygen atoms in total. The van der Waals surface area contributed by atoms with E-state index >= 15 is 0 Å². The lowest BCUT2D eigenvalue weighted by molar-refractivity contribution is -0.384. The molecule has 0 aliphatic carbocycles. The number of benzene rings is 2. The van der Waals surface area contributed by atoms with Crippen LogP contribution >= 0.6 is 0 Å². The molecule has 0 radical (unpaired) electrons. The summed E-state index contributed by atoms with van der Waals surface area (Å²) < 4.78 is 5.38. The molecule has 1 N–H and O–H groups in total. The fourth-order valence-electron chi connectivity index (χ4n) is 2.94. The van der Waals surface area contributed by atoms with Crippen LogP contribution in [0.25, 0.3) is 0 Å². The number of nitro benzene ring substituents is 1. The Morgan fingerprint density at radius 3 is 2.38 bits per heavy atom. The Labute approximate surface area is 151 Å². The van der Waals surface area contributed by atoms with Gasteiger partial charge in [-0.15, -0.1) is 0 Å². The van der Waals surface area contributed by atoms with Gasteiger partial charge in [-0.2, -0.15) is 0 Å². The van der Waals surface area contributed by atoms with Gasteiger partial charge in [0.1, 0.15) is 0 Å². The summed E-state index contributed by atoms with van der Waals surface area (Å²) in [5.41, 5.74) is 1.39. The third kappa shape index (κ3) is 4.65. The molecule has 1 atom stereocenters. The van der Waals surface area contributed by atoms with E-state index in [-0.39, 0.29) is 17.6 Å². The summed E-state index contributed by atoms with van der Waals surface area (Å²) in [7, 11) is 0. The van der Waals surface area contributed by atoms with Crippen LogP contribution < -0.4 is 5.32 Å². The van der Waals surface area contributed by atoms with Gasteiger partial charge in [-0.25, -0.2) is 0 Å². The van der Waals surface area contributed by atoms with Crippen molar-refractivity contribution in [2.75, 3.05) is 32.8 Å². The summed E-state index contributed by atoms with van der Waals surface area (Å²) in [5.74, 6) is -0.248. The number of nitro groups is 1. The van der Waals surface area contributed by atoms with E-state index in [9.17, 15) is 14.9 Å². The van der Waals surface area contributed by atoms with Crippen molar-refractivity contribution in [2.24, 2.45) is 0 Å². The molecule has 1 saturated heterocycles. The first kappa shape index (κ1) is 18.0. The first-order valence-corrected chi connectivity index (χ1v) is 8.54. The highest BCUT2D eigenvalue weighted by molar-refractivity contribution is 5.94. The Hall–Kier alpha value is -2.77. The lowest BCUT2D eigenvalue weighted by Gasteiger charge is -2.31. The fraction of sp³-hybridized carbons (Fsp3) is 0.316. The molecule has 2 aromatic rings. The maximum Gasteiger partial charge on any atom is 0.269 e. The highest BCUT2D eigenvalue weighted by Crippen LogP contribution is 2.17. The Bertz CT molecular complexity index is 743. The van der Waals surface area contributed by atoms with Gasteiger partial charge >= 0.3 is 0 Å². The van der Waals surface area contributed by atoms with Gasteiger partial charge in [-0.1, -0.05) is 30.3 Å². The zero-order valence-electron chi connectivity index (χ0n) is 14.3. The van der Waals surface area contributed by atoms with Crippen molar-refractivity contribution in [3.05, 3.63) is 75.8 Å². The minimum Gasteiger partial charge on any atom is -0.379 e. The monoisotopic (exact) mass is 355 g/mol. The van der Waals surface area contributed by atoms with Crippen LogP contribution in [0.5, 0.6) is 0 Å². The molecule has 1 aliphatic heterocycles. The number of hydrogen-bond donors (Lipinski definition) is 1. The van der Waals surface area contributed by atoms with Crippen LogP contribution in [-0.2, 0) is 4.74 Å². The molecule has 7 heteroatoms. The summed E-state index contributed by atoms with van der Waals surface area (Å²) in [4.78, 5) is 25.2. The fourth-order valence-corrected chi connectivity index (χ4v) is 2.94. The Balaban J connectivity index is 1.73. The van der Waals surface area contributed by atoms with Gasteiger partial charge in [0, 0.05) is 37.3 Å². The highest BCUT2D eigenvalue weighted by Gasteiger charge is 2.21. The summed E-state index contributed by atoms with van der Waals surface area (Å²) in [5, 5.41) is 13.8. The van der Waals surface area contributed by atoms with Crippen LogP contribution in [0.2, 0.25) is 0 Å². The molecule has 3 rings (SSSR count). The number of carbonyl (C=O) groups excluding carboxylic acids is 1. The van der Waals surface area contributed by atoms with E-state index in [1.54, 1.807) is 0 Å². The zero-order chi connectivity index (χ0) is 18.4. The van der Waals surface area contributed by atoms with E-state index in [4.69, 9.17) is 4.74 Å². The molecule has 1 amide bonds. The molecule has 0 spiro atoms. The molecule has 1 fully saturated rings. The number of rotatable bonds is 6. The summed E-state index contributed by atoms with van der Waals surface area (Å²) in [6.07, 6.45) is 0. The second-order valence-corrected chi connectivity index (χ2v) is 6.15. The molecule has 136 valence electrons. The van der Waals surface area contributed by atoms with E-state index < -0.39 is 4.92 Å². The number of morpholine rings is 1. The van der Waals surface area contributed by atoms with Gasteiger partial charge in [-0.05, 0) is 17.7 Å². The number of amides is 1. The predicted molar refractivity (Wildman–Crippen MR) is 97.0 cm³/mol. The lowest BCUT2D eigenvalue weighted by Crippen LogP contribution is -2.43. The van der Waals surface area contributed by atoms with Gasteiger partial charge in [0.2, 0.25) is 0 Å². The standard InChI is InChI=1S/C19H21N3O4/c23-19(16-6-8-17(9-7-16)22(24)25)20-18(15-4-2-1-3-5-15)14-21-10-12-26-13-11-21/h1-9,18H,10-14H2,(H,20,23)/t18-/m0/s1. The summed E-state index contributed by atoms with van der Waals surface area (Å²) >= 11 is 0. The SMILES string of the molecule is O=C(N[C@@H](CN1CCOCC1)c1ccccc1)c1ccc([N+](=O)[O-])cc1. The zero-order valence-corrected chi connectivity index (χ0v) is 14.3. The average molecular weight is 355 g/mol. The van der Waals surface area contributed by atoms with Crippen LogP contribution in [-0.4, -0.2) is 48.6 Å². The number of ether oxygens (including phenoxy) is 1. The van der Waals surface area contributed by atoms with Crippen molar-refractivity contribution in [1.29, 1.82) is 0 Å². The second-order valence-electron chi connectivity index (χ2n) is 6.15. The van der Waals surface area contributed by atoms with Gasteiger partial charge in [-0.3, -0.25) is 19.8 Å². The van der Waals surface area contributed by atoms with E-state index in [0.717, 1.165) is 18.7 Å². The quantitative estimate of drug-likeness (QED) is 0.635. The van der Waals surface area contributed by atoms with E-state index in [0.29, 0.717) is 25.3 Å².